The Labute approximate surface area is 206 Å². The number of hydrogen-bond acceptors (Lipinski definition) is 8. The second kappa shape index (κ2) is 11.4. The third kappa shape index (κ3) is 8.13. The maximum Gasteiger partial charge on any atom is 0.490 e. The lowest BCUT2D eigenvalue weighted by Gasteiger charge is -2.11. The standard InChI is InChI=1S/C17H15Cl2N5O3S.C2HF3O2/c1-20-28(26,27)12-4-2-3-10(5-12)23-15-8-16(22-9-21-15)24-11-6-13(18)17(25)14(19)7-11;3-2(4,5)1(6)7/h2-9,20,25H,1H3,(H2,21,22,23,24);(H,6,7). The van der Waals surface area contributed by atoms with Gasteiger partial charge in [-0.25, -0.2) is 27.9 Å². The van der Waals surface area contributed by atoms with E-state index in [1.54, 1.807) is 18.2 Å². The zero-order valence-electron chi connectivity index (χ0n) is 17.4. The van der Waals surface area contributed by atoms with Crippen molar-refractivity contribution in [2.75, 3.05) is 17.7 Å². The molecular formula is C19H16Cl2F3N5O5S. The molecule has 0 unspecified atom stereocenters. The van der Waals surface area contributed by atoms with Gasteiger partial charge in [-0.1, -0.05) is 29.3 Å². The Hall–Kier alpha value is -3.33. The number of phenolic OH excluding ortho intramolecular Hbond substituents is 1. The van der Waals surface area contributed by atoms with E-state index < -0.39 is 22.2 Å². The molecule has 0 aliphatic heterocycles. The first kappa shape index (κ1) is 27.9. The summed E-state index contributed by atoms with van der Waals surface area (Å²) in [5, 5.41) is 23.0. The van der Waals surface area contributed by atoms with Gasteiger partial charge in [0.2, 0.25) is 10.0 Å². The maximum atomic E-state index is 11.9. The highest BCUT2D eigenvalue weighted by molar-refractivity contribution is 7.89. The molecule has 0 saturated heterocycles. The summed E-state index contributed by atoms with van der Waals surface area (Å²) in [7, 11) is -2.21. The summed E-state index contributed by atoms with van der Waals surface area (Å²) in [5.74, 6) is -2.08. The monoisotopic (exact) mass is 553 g/mol. The van der Waals surface area contributed by atoms with Crippen LogP contribution >= 0.6 is 23.2 Å². The molecule has 0 aliphatic carbocycles. The number of aromatic nitrogens is 2. The molecule has 0 saturated carbocycles. The summed E-state index contributed by atoms with van der Waals surface area (Å²) in [6, 6.07) is 10.9. The van der Waals surface area contributed by atoms with E-state index in [0.29, 0.717) is 23.0 Å². The second-order valence-electron chi connectivity index (χ2n) is 6.37. The highest BCUT2D eigenvalue weighted by Gasteiger charge is 2.38. The highest BCUT2D eigenvalue weighted by atomic mass is 35.5. The number of nitrogens with zero attached hydrogens (tertiary/aromatic N) is 2. The Morgan fingerprint density at radius 1 is 0.971 bits per heavy atom. The van der Waals surface area contributed by atoms with Crippen molar-refractivity contribution in [3.8, 4) is 5.75 Å². The molecule has 0 aliphatic rings. The Balaban J connectivity index is 0.000000540. The topological polar surface area (TPSA) is 154 Å². The molecule has 0 fully saturated rings. The number of nitrogens with one attached hydrogen (secondary N) is 3. The molecule has 10 nitrogen and oxygen atoms in total. The Morgan fingerprint density at radius 3 is 1.97 bits per heavy atom. The minimum absolute atomic E-state index is 0.102. The molecule has 3 aromatic rings. The fourth-order valence-corrected chi connectivity index (χ4v) is 3.55. The van der Waals surface area contributed by atoms with Gasteiger partial charge in [0.05, 0.1) is 14.9 Å². The minimum atomic E-state index is -5.08. The van der Waals surface area contributed by atoms with E-state index in [1.165, 1.54) is 37.6 Å². The Morgan fingerprint density at radius 2 is 1.49 bits per heavy atom. The molecule has 0 bridgehead atoms. The van der Waals surface area contributed by atoms with Crippen molar-refractivity contribution >= 4 is 62.2 Å². The zero-order chi connectivity index (χ0) is 26.4. The lowest BCUT2D eigenvalue weighted by atomic mass is 10.3. The predicted octanol–water partition coefficient (Wildman–Crippen LogP) is 4.52. The quantitative estimate of drug-likeness (QED) is 0.277. The number of carboxylic acids is 1. The Kier molecular flexibility index (Phi) is 9.09. The van der Waals surface area contributed by atoms with Crippen molar-refractivity contribution in [2.45, 2.75) is 11.1 Å². The molecule has 0 spiro atoms. The number of aromatic hydroxyl groups is 1. The molecule has 35 heavy (non-hydrogen) atoms. The molecule has 188 valence electrons. The molecule has 3 rings (SSSR count). The van der Waals surface area contributed by atoms with Crippen LogP contribution in [-0.4, -0.2) is 47.8 Å². The molecule has 5 N–H and O–H groups in total. The molecule has 0 radical (unpaired) electrons. The van der Waals surface area contributed by atoms with E-state index in [2.05, 4.69) is 25.3 Å². The molecule has 0 amide bonds. The van der Waals surface area contributed by atoms with Crippen LogP contribution in [0.4, 0.5) is 36.2 Å². The number of anilines is 4. The largest absolute Gasteiger partial charge is 0.505 e. The first-order valence-corrected chi connectivity index (χ1v) is 11.3. The molecule has 0 atom stereocenters. The number of benzene rings is 2. The van der Waals surface area contributed by atoms with Crippen molar-refractivity contribution in [3.63, 3.8) is 0 Å². The van der Waals surface area contributed by atoms with E-state index >= 15 is 0 Å². The number of carboxylic acid groups (broad SMARTS) is 1. The van der Waals surface area contributed by atoms with Crippen molar-refractivity contribution in [3.05, 3.63) is 58.8 Å². The first-order chi connectivity index (χ1) is 16.2. The van der Waals surface area contributed by atoms with Gasteiger partial charge >= 0.3 is 12.1 Å². The third-order valence-corrected chi connectivity index (χ3v) is 5.87. The molecule has 1 aromatic heterocycles. The SMILES string of the molecule is CNS(=O)(=O)c1cccc(Nc2cc(Nc3cc(Cl)c(O)c(Cl)c3)ncn2)c1.O=C(O)C(F)(F)F. The molecule has 16 heteroatoms. The molecule has 1 heterocycles. The predicted molar refractivity (Wildman–Crippen MR) is 123 cm³/mol. The van der Waals surface area contributed by atoms with Gasteiger partial charge in [-0.2, -0.15) is 13.2 Å². The number of carbonyl (C=O) groups is 1. The van der Waals surface area contributed by atoms with Crippen molar-refractivity contribution < 1.29 is 36.6 Å². The lowest BCUT2D eigenvalue weighted by molar-refractivity contribution is -0.192. The number of alkyl halides is 3. The van der Waals surface area contributed by atoms with Gasteiger partial charge in [0.15, 0.2) is 5.75 Å². The minimum Gasteiger partial charge on any atom is -0.505 e. The zero-order valence-corrected chi connectivity index (χ0v) is 19.8. The van der Waals surface area contributed by atoms with E-state index in [4.69, 9.17) is 33.1 Å². The van der Waals surface area contributed by atoms with Crippen LogP contribution in [0.1, 0.15) is 0 Å². The number of rotatable bonds is 6. The van der Waals surface area contributed by atoms with Gasteiger partial charge in [-0.15, -0.1) is 0 Å². The van der Waals surface area contributed by atoms with Crippen LogP contribution in [0, 0.1) is 0 Å². The second-order valence-corrected chi connectivity index (χ2v) is 9.07. The number of sulfonamides is 1. The van der Waals surface area contributed by atoms with Gasteiger partial charge < -0.3 is 20.8 Å². The van der Waals surface area contributed by atoms with Gasteiger partial charge in [-0.05, 0) is 37.4 Å². The van der Waals surface area contributed by atoms with E-state index in [-0.39, 0.29) is 20.7 Å². The van der Waals surface area contributed by atoms with Crippen LogP contribution in [-0.2, 0) is 14.8 Å². The maximum absolute atomic E-state index is 11.9. The smallest absolute Gasteiger partial charge is 0.490 e. The van der Waals surface area contributed by atoms with Gasteiger partial charge in [0.25, 0.3) is 0 Å². The molecule has 2 aromatic carbocycles. The van der Waals surface area contributed by atoms with Crippen LogP contribution in [0.15, 0.2) is 53.7 Å². The number of halogens is 5. The third-order valence-electron chi connectivity index (χ3n) is 3.88. The van der Waals surface area contributed by atoms with Gasteiger partial charge in [0, 0.05) is 17.4 Å². The number of hydrogen-bond donors (Lipinski definition) is 5. The van der Waals surface area contributed by atoms with Gasteiger partial charge in [0.1, 0.15) is 18.0 Å². The summed E-state index contributed by atoms with van der Waals surface area (Å²) in [4.78, 5) is 17.3. The van der Waals surface area contributed by atoms with E-state index in [0.717, 1.165) is 0 Å². The van der Waals surface area contributed by atoms with Crippen LogP contribution in [0.5, 0.6) is 5.75 Å². The lowest BCUT2D eigenvalue weighted by Crippen LogP contribution is -2.21. The summed E-state index contributed by atoms with van der Waals surface area (Å²) in [5.41, 5.74) is 1.07. The van der Waals surface area contributed by atoms with Crippen molar-refractivity contribution in [1.29, 1.82) is 0 Å². The van der Waals surface area contributed by atoms with E-state index in [9.17, 15) is 26.7 Å². The number of phenols is 1. The molecular weight excluding hydrogens is 538 g/mol. The average molecular weight is 554 g/mol. The summed E-state index contributed by atoms with van der Waals surface area (Å²) < 4.78 is 57.9. The highest BCUT2D eigenvalue weighted by Crippen LogP contribution is 2.35. The summed E-state index contributed by atoms with van der Waals surface area (Å²) in [6.07, 6.45) is -3.75. The number of aliphatic carboxylic acids is 1. The van der Waals surface area contributed by atoms with Crippen LogP contribution < -0.4 is 15.4 Å². The first-order valence-electron chi connectivity index (χ1n) is 9.10. The van der Waals surface area contributed by atoms with Crippen LogP contribution in [0.25, 0.3) is 0 Å². The fraction of sp³-hybridized carbons (Fsp3) is 0.105. The van der Waals surface area contributed by atoms with E-state index in [1.807, 2.05) is 0 Å². The Bertz CT molecular complexity index is 1300. The van der Waals surface area contributed by atoms with Gasteiger partial charge in [-0.3, -0.25) is 0 Å². The van der Waals surface area contributed by atoms with Crippen LogP contribution in [0.2, 0.25) is 10.0 Å². The summed E-state index contributed by atoms with van der Waals surface area (Å²) >= 11 is 11.8. The van der Waals surface area contributed by atoms with Crippen molar-refractivity contribution in [1.82, 2.24) is 14.7 Å². The normalized spacial score (nSPS) is 11.3. The fourth-order valence-electron chi connectivity index (χ4n) is 2.29. The van der Waals surface area contributed by atoms with Crippen LogP contribution in [0.3, 0.4) is 0 Å². The van der Waals surface area contributed by atoms with Crippen molar-refractivity contribution in [2.24, 2.45) is 0 Å². The summed E-state index contributed by atoms with van der Waals surface area (Å²) in [6.45, 7) is 0. The average Bonchev–Trinajstić information content (AvgIpc) is 2.77.